The molecule has 0 heterocycles. The molecule has 0 aromatic heterocycles. The van der Waals surface area contributed by atoms with Gasteiger partial charge in [-0.25, -0.2) is 13.6 Å². The van der Waals surface area contributed by atoms with Gasteiger partial charge in [0.25, 0.3) is 5.91 Å². The number of halogens is 2. The van der Waals surface area contributed by atoms with Gasteiger partial charge in [-0.05, 0) is 36.2 Å². The Balaban J connectivity index is 1.78. The predicted octanol–water partition coefficient (Wildman–Crippen LogP) is 2.38. The Bertz CT molecular complexity index is 855. The van der Waals surface area contributed by atoms with Crippen LogP contribution in [0.25, 0.3) is 0 Å². The number of carbonyl (C=O) groups is 1. The van der Waals surface area contributed by atoms with Gasteiger partial charge in [0.15, 0.2) is 6.61 Å². The summed E-state index contributed by atoms with van der Waals surface area (Å²) in [7, 11) is -3.70. The molecule has 9 heteroatoms. The Kier molecular flexibility index (Phi) is 6.66. The number of amides is 1. The van der Waals surface area contributed by atoms with E-state index in [9.17, 15) is 13.2 Å². The quantitative estimate of drug-likeness (QED) is 0.742. The highest BCUT2D eigenvalue weighted by Gasteiger charge is 2.08. The summed E-state index contributed by atoms with van der Waals surface area (Å²) in [6.07, 6.45) is 0.536. The third-order valence-electron chi connectivity index (χ3n) is 3.24. The van der Waals surface area contributed by atoms with Crippen LogP contribution in [0.2, 0.25) is 10.0 Å². The molecule has 0 aliphatic heterocycles. The number of benzene rings is 2. The largest absolute Gasteiger partial charge is 0.482 e. The van der Waals surface area contributed by atoms with Crippen molar-refractivity contribution in [2.75, 3.05) is 13.2 Å². The minimum absolute atomic E-state index is 0.0482. The fourth-order valence-electron chi connectivity index (χ4n) is 1.97. The molecule has 0 unspecified atom stereocenters. The lowest BCUT2D eigenvalue weighted by atomic mass is 10.1. The van der Waals surface area contributed by atoms with Crippen LogP contribution >= 0.6 is 23.2 Å². The maximum Gasteiger partial charge on any atom is 0.257 e. The van der Waals surface area contributed by atoms with Gasteiger partial charge in [-0.15, -0.1) is 0 Å². The molecule has 0 saturated carbocycles. The van der Waals surface area contributed by atoms with E-state index >= 15 is 0 Å². The lowest BCUT2D eigenvalue weighted by Gasteiger charge is -2.09. The minimum atomic E-state index is -3.70. The number of hydrogen-bond donors (Lipinski definition) is 2. The molecule has 2 aromatic rings. The molecular weight excluding hydrogens is 387 g/mol. The number of sulfonamides is 1. The normalized spacial score (nSPS) is 11.2. The topological polar surface area (TPSA) is 98.5 Å². The predicted molar refractivity (Wildman–Crippen MR) is 96.5 cm³/mol. The fraction of sp³-hybridized carbons (Fsp3) is 0.188. The SMILES string of the molecule is NS(=O)(=O)c1ccc(CCNC(=O)COc2cc(Cl)ccc2Cl)cc1. The smallest absolute Gasteiger partial charge is 0.257 e. The molecular formula is C16H16Cl2N2O4S. The van der Waals surface area contributed by atoms with E-state index in [2.05, 4.69) is 5.32 Å². The number of ether oxygens (including phenoxy) is 1. The number of carbonyl (C=O) groups excluding carboxylic acids is 1. The van der Waals surface area contributed by atoms with Crippen molar-refractivity contribution in [3.63, 3.8) is 0 Å². The summed E-state index contributed by atoms with van der Waals surface area (Å²) in [5, 5.41) is 8.56. The summed E-state index contributed by atoms with van der Waals surface area (Å²) in [6.45, 7) is 0.185. The number of rotatable bonds is 7. The maximum absolute atomic E-state index is 11.8. The summed E-state index contributed by atoms with van der Waals surface area (Å²) in [5.41, 5.74) is 0.867. The molecule has 0 fully saturated rings. The third-order valence-corrected chi connectivity index (χ3v) is 4.72. The molecule has 2 aromatic carbocycles. The first kappa shape index (κ1) is 19.5. The standard InChI is InChI=1S/C16H16Cl2N2O4S/c17-12-3-6-14(18)15(9-12)24-10-16(21)20-8-7-11-1-4-13(5-2-11)25(19,22)23/h1-6,9H,7-8,10H2,(H,20,21)(H2,19,22,23). The molecule has 6 nitrogen and oxygen atoms in total. The Labute approximate surface area is 155 Å². The Morgan fingerprint density at radius 3 is 2.44 bits per heavy atom. The first-order valence-corrected chi connectivity index (χ1v) is 9.52. The van der Waals surface area contributed by atoms with Crippen molar-refractivity contribution in [1.29, 1.82) is 0 Å². The second kappa shape index (κ2) is 8.53. The average molecular weight is 403 g/mol. The van der Waals surface area contributed by atoms with E-state index in [1.807, 2.05) is 0 Å². The Hall–Kier alpha value is -1.80. The molecule has 1 amide bonds. The van der Waals surface area contributed by atoms with Gasteiger partial charge in [0.1, 0.15) is 5.75 Å². The van der Waals surface area contributed by atoms with Crippen molar-refractivity contribution in [3.8, 4) is 5.75 Å². The molecule has 0 bridgehead atoms. The molecule has 0 spiro atoms. The highest BCUT2D eigenvalue weighted by Crippen LogP contribution is 2.27. The van der Waals surface area contributed by atoms with Crippen LogP contribution < -0.4 is 15.2 Å². The van der Waals surface area contributed by atoms with Crippen LogP contribution in [0.1, 0.15) is 5.56 Å². The maximum atomic E-state index is 11.8. The van der Waals surface area contributed by atoms with E-state index in [1.54, 1.807) is 24.3 Å². The van der Waals surface area contributed by atoms with E-state index in [1.165, 1.54) is 18.2 Å². The Morgan fingerprint density at radius 2 is 1.80 bits per heavy atom. The van der Waals surface area contributed by atoms with Gasteiger partial charge in [-0.1, -0.05) is 35.3 Å². The van der Waals surface area contributed by atoms with Gasteiger partial charge in [0, 0.05) is 17.6 Å². The van der Waals surface area contributed by atoms with Gasteiger partial charge < -0.3 is 10.1 Å². The minimum Gasteiger partial charge on any atom is -0.482 e. The highest BCUT2D eigenvalue weighted by atomic mass is 35.5. The van der Waals surface area contributed by atoms with E-state index in [4.69, 9.17) is 33.1 Å². The van der Waals surface area contributed by atoms with Gasteiger partial charge >= 0.3 is 0 Å². The summed E-state index contributed by atoms with van der Waals surface area (Å²) in [5.74, 6) is 0.0279. The first-order valence-electron chi connectivity index (χ1n) is 7.22. The van der Waals surface area contributed by atoms with Crippen molar-refractivity contribution in [2.45, 2.75) is 11.3 Å². The molecule has 3 N–H and O–H groups in total. The molecule has 0 aliphatic rings. The molecule has 25 heavy (non-hydrogen) atoms. The summed E-state index contributed by atoms with van der Waals surface area (Å²) in [4.78, 5) is 11.8. The van der Waals surface area contributed by atoms with Gasteiger partial charge in [-0.3, -0.25) is 4.79 Å². The number of nitrogens with one attached hydrogen (secondary N) is 1. The lowest BCUT2D eigenvalue weighted by molar-refractivity contribution is -0.123. The molecule has 0 radical (unpaired) electrons. The average Bonchev–Trinajstić information content (AvgIpc) is 2.55. The molecule has 0 atom stereocenters. The number of nitrogens with two attached hydrogens (primary N) is 1. The summed E-state index contributed by atoms with van der Waals surface area (Å²) < 4.78 is 27.7. The second-order valence-electron chi connectivity index (χ2n) is 5.15. The monoisotopic (exact) mass is 402 g/mol. The molecule has 2 rings (SSSR count). The molecule has 0 saturated heterocycles. The highest BCUT2D eigenvalue weighted by molar-refractivity contribution is 7.89. The van der Waals surface area contributed by atoms with Crippen LogP contribution in [0.5, 0.6) is 5.75 Å². The van der Waals surface area contributed by atoms with Crippen LogP contribution in [-0.2, 0) is 21.2 Å². The molecule has 134 valence electrons. The van der Waals surface area contributed by atoms with E-state index in [0.717, 1.165) is 5.56 Å². The molecule has 0 aliphatic carbocycles. The van der Waals surface area contributed by atoms with Crippen molar-refractivity contribution < 1.29 is 17.9 Å². The van der Waals surface area contributed by atoms with Crippen molar-refractivity contribution in [1.82, 2.24) is 5.32 Å². The first-order chi connectivity index (χ1) is 11.8. The van der Waals surface area contributed by atoms with E-state index in [-0.39, 0.29) is 17.4 Å². The van der Waals surface area contributed by atoms with Crippen molar-refractivity contribution in [3.05, 3.63) is 58.1 Å². The zero-order valence-electron chi connectivity index (χ0n) is 13.0. The van der Waals surface area contributed by atoms with Crippen molar-refractivity contribution in [2.24, 2.45) is 5.14 Å². The third kappa shape index (κ3) is 6.21. The Morgan fingerprint density at radius 1 is 1.12 bits per heavy atom. The van der Waals surface area contributed by atoms with Crippen LogP contribution in [0.15, 0.2) is 47.4 Å². The summed E-state index contributed by atoms with van der Waals surface area (Å²) in [6, 6.07) is 10.9. The lowest BCUT2D eigenvalue weighted by Crippen LogP contribution is -2.30. The van der Waals surface area contributed by atoms with Crippen LogP contribution in [0.3, 0.4) is 0 Å². The van der Waals surface area contributed by atoms with Crippen molar-refractivity contribution >= 4 is 39.1 Å². The fourth-order valence-corrected chi connectivity index (χ4v) is 2.82. The van der Waals surface area contributed by atoms with Gasteiger partial charge in [-0.2, -0.15) is 0 Å². The van der Waals surface area contributed by atoms with E-state index < -0.39 is 10.0 Å². The van der Waals surface area contributed by atoms with Crippen LogP contribution in [0, 0.1) is 0 Å². The van der Waals surface area contributed by atoms with Crippen LogP contribution in [0.4, 0.5) is 0 Å². The van der Waals surface area contributed by atoms with Gasteiger partial charge in [0.2, 0.25) is 10.0 Å². The number of hydrogen-bond acceptors (Lipinski definition) is 4. The zero-order valence-corrected chi connectivity index (χ0v) is 15.4. The zero-order chi connectivity index (χ0) is 18.4. The second-order valence-corrected chi connectivity index (χ2v) is 7.56. The summed E-state index contributed by atoms with van der Waals surface area (Å²) >= 11 is 11.8. The van der Waals surface area contributed by atoms with Crippen LogP contribution in [-0.4, -0.2) is 27.5 Å². The number of primary sulfonamides is 1. The van der Waals surface area contributed by atoms with Gasteiger partial charge in [0.05, 0.1) is 9.92 Å². The van der Waals surface area contributed by atoms with E-state index in [0.29, 0.717) is 28.8 Å².